The fraction of sp³-hybridized carbons (Fsp3) is 0.567. The molecule has 1 aromatic heterocycles. The first-order valence-corrected chi connectivity index (χ1v) is 14.0. The Morgan fingerprint density at radius 3 is 2.64 bits per heavy atom. The van der Waals surface area contributed by atoms with Crippen LogP contribution in [-0.2, 0) is 11.2 Å². The van der Waals surface area contributed by atoms with E-state index in [4.69, 9.17) is 0 Å². The van der Waals surface area contributed by atoms with Gasteiger partial charge in [-0.25, -0.2) is 0 Å². The summed E-state index contributed by atoms with van der Waals surface area (Å²) in [6.45, 7) is 3.95. The molecule has 2 aromatic rings. The molecule has 0 saturated carbocycles. The Hall–Kier alpha value is -2.73. The molecule has 6 nitrogen and oxygen atoms in total. The number of pyridine rings is 1. The number of carbonyl (C=O) groups excluding carboxylic acids is 2. The summed E-state index contributed by atoms with van der Waals surface area (Å²) in [5.74, 6) is 1.31. The molecule has 3 fully saturated rings. The largest absolute Gasteiger partial charge is 0.356 e. The Morgan fingerprint density at radius 2 is 1.83 bits per heavy atom. The zero-order valence-electron chi connectivity index (χ0n) is 21.4. The van der Waals surface area contributed by atoms with E-state index in [2.05, 4.69) is 44.4 Å². The van der Waals surface area contributed by atoms with Crippen LogP contribution in [0.2, 0.25) is 0 Å². The lowest BCUT2D eigenvalue weighted by Crippen LogP contribution is -2.65. The van der Waals surface area contributed by atoms with Gasteiger partial charge in [0.1, 0.15) is 0 Å². The Morgan fingerprint density at radius 1 is 1.00 bits per heavy atom. The SMILES string of the molecule is O=C(CCC[C@@H]1[C@H]2CCCN3CCC[C@@H](CN1C(=O)c1cccnc1)[C@@H]23)NCCCc1ccccc1. The number of benzene rings is 1. The summed E-state index contributed by atoms with van der Waals surface area (Å²) in [7, 11) is 0. The predicted molar refractivity (Wildman–Crippen MR) is 141 cm³/mol. The first kappa shape index (κ1) is 24.9. The average Bonchev–Trinajstić information content (AvgIpc) is 2.93. The number of aryl methyl sites for hydroxylation is 1. The first-order chi connectivity index (χ1) is 17.7. The van der Waals surface area contributed by atoms with Crippen molar-refractivity contribution in [2.45, 2.75) is 69.9 Å². The van der Waals surface area contributed by atoms with Crippen LogP contribution in [0.15, 0.2) is 54.9 Å². The maximum atomic E-state index is 13.6. The Kier molecular flexibility index (Phi) is 8.32. The highest BCUT2D eigenvalue weighted by Gasteiger charge is 2.49. The molecule has 0 unspecified atom stereocenters. The van der Waals surface area contributed by atoms with Gasteiger partial charge in [-0.3, -0.25) is 19.5 Å². The summed E-state index contributed by atoms with van der Waals surface area (Å²) in [6, 6.07) is 14.9. The van der Waals surface area contributed by atoms with Crippen molar-refractivity contribution in [3.63, 3.8) is 0 Å². The minimum Gasteiger partial charge on any atom is -0.356 e. The molecule has 0 spiro atoms. The summed E-state index contributed by atoms with van der Waals surface area (Å²) >= 11 is 0. The van der Waals surface area contributed by atoms with Crippen LogP contribution in [0.1, 0.15) is 67.3 Å². The lowest BCUT2D eigenvalue weighted by Gasteiger charge is -2.57. The van der Waals surface area contributed by atoms with Gasteiger partial charge in [0.15, 0.2) is 0 Å². The van der Waals surface area contributed by atoms with Gasteiger partial charge in [-0.2, -0.15) is 0 Å². The van der Waals surface area contributed by atoms with Crippen molar-refractivity contribution in [3.05, 3.63) is 66.0 Å². The van der Waals surface area contributed by atoms with E-state index in [0.717, 1.165) is 32.2 Å². The number of piperidine rings is 3. The summed E-state index contributed by atoms with van der Waals surface area (Å²) < 4.78 is 0. The number of nitrogens with zero attached hydrogens (tertiary/aromatic N) is 3. The number of carbonyl (C=O) groups is 2. The maximum absolute atomic E-state index is 13.6. The van der Waals surface area contributed by atoms with E-state index in [1.165, 1.54) is 44.3 Å². The Balaban J connectivity index is 1.18. The van der Waals surface area contributed by atoms with Gasteiger partial charge < -0.3 is 10.2 Å². The molecule has 1 N–H and O–H groups in total. The molecule has 6 heteroatoms. The van der Waals surface area contributed by atoms with Crippen molar-refractivity contribution in [3.8, 4) is 0 Å². The van der Waals surface area contributed by atoms with E-state index in [0.29, 0.717) is 36.4 Å². The molecule has 0 radical (unpaired) electrons. The monoisotopic (exact) mass is 488 g/mol. The molecular formula is C30H40N4O2. The van der Waals surface area contributed by atoms with E-state index in [1.54, 1.807) is 12.4 Å². The van der Waals surface area contributed by atoms with Gasteiger partial charge in [-0.1, -0.05) is 30.3 Å². The number of rotatable bonds is 9. The van der Waals surface area contributed by atoms with E-state index in [9.17, 15) is 9.59 Å². The van der Waals surface area contributed by atoms with Gasteiger partial charge in [0, 0.05) is 44.0 Å². The van der Waals surface area contributed by atoms with Crippen LogP contribution in [0.5, 0.6) is 0 Å². The van der Waals surface area contributed by atoms with Crippen molar-refractivity contribution in [1.82, 2.24) is 20.1 Å². The van der Waals surface area contributed by atoms with E-state index in [1.807, 2.05) is 18.2 Å². The number of nitrogens with one attached hydrogen (secondary N) is 1. The predicted octanol–water partition coefficient (Wildman–Crippen LogP) is 4.32. The summed E-state index contributed by atoms with van der Waals surface area (Å²) in [4.78, 5) is 35.3. The van der Waals surface area contributed by atoms with Crippen LogP contribution >= 0.6 is 0 Å². The molecule has 0 aliphatic carbocycles. The third kappa shape index (κ3) is 5.80. The molecule has 3 aliphatic heterocycles. The zero-order chi connectivity index (χ0) is 24.7. The number of hydrogen-bond acceptors (Lipinski definition) is 4. The van der Waals surface area contributed by atoms with Crippen molar-refractivity contribution in [2.75, 3.05) is 26.2 Å². The number of amides is 2. The molecule has 192 valence electrons. The fourth-order valence-electron chi connectivity index (χ4n) is 6.98. The topological polar surface area (TPSA) is 65.5 Å². The van der Waals surface area contributed by atoms with Gasteiger partial charge in [0.25, 0.3) is 5.91 Å². The van der Waals surface area contributed by atoms with Crippen molar-refractivity contribution >= 4 is 11.8 Å². The minimum absolute atomic E-state index is 0.111. The summed E-state index contributed by atoms with van der Waals surface area (Å²) in [6.07, 6.45) is 12.4. The third-order valence-electron chi connectivity index (χ3n) is 8.55. The van der Waals surface area contributed by atoms with Crippen molar-refractivity contribution in [1.29, 1.82) is 0 Å². The van der Waals surface area contributed by atoms with E-state index in [-0.39, 0.29) is 17.9 Å². The minimum atomic E-state index is 0.111. The molecule has 3 saturated heterocycles. The smallest absolute Gasteiger partial charge is 0.255 e. The van der Waals surface area contributed by atoms with E-state index < -0.39 is 0 Å². The highest BCUT2D eigenvalue weighted by Crippen LogP contribution is 2.43. The number of aromatic nitrogens is 1. The average molecular weight is 489 g/mol. The lowest BCUT2D eigenvalue weighted by molar-refractivity contribution is -0.121. The molecule has 1 aromatic carbocycles. The Bertz CT molecular complexity index is 997. The fourth-order valence-corrected chi connectivity index (χ4v) is 6.98. The first-order valence-electron chi connectivity index (χ1n) is 14.0. The van der Waals surface area contributed by atoms with E-state index >= 15 is 0 Å². The summed E-state index contributed by atoms with van der Waals surface area (Å²) in [5, 5.41) is 3.10. The lowest BCUT2D eigenvalue weighted by atomic mass is 9.69. The van der Waals surface area contributed by atoms with Crippen LogP contribution in [0.25, 0.3) is 0 Å². The zero-order valence-corrected chi connectivity index (χ0v) is 21.4. The van der Waals surface area contributed by atoms with Crippen LogP contribution in [-0.4, -0.2) is 64.9 Å². The number of hydrogen-bond donors (Lipinski definition) is 1. The molecule has 4 atom stereocenters. The molecule has 3 aliphatic rings. The highest BCUT2D eigenvalue weighted by molar-refractivity contribution is 5.94. The third-order valence-corrected chi connectivity index (χ3v) is 8.55. The van der Waals surface area contributed by atoms with Gasteiger partial charge in [-0.05, 0) is 94.0 Å². The molecule has 4 heterocycles. The van der Waals surface area contributed by atoms with Crippen LogP contribution in [0.4, 0.5) is 0 Å². The normalized spacial score (nSPS) is 25.7. The molecule has 5 rings (SSSR count). The quantitative estimate of drug-likeness (QED) is 0.534. The van der Waals surface area contributed by atoms with Gasteiger partial charge in [0.2, 0.25) is 5.91 Å². The Labute approximate surface area is 215 Å². The van der Waals surface area contributed by atoms with Crippen molar-refractivity contribution < 1.29 is 9.59 Å². The second kappa shape index (κ2) is 12.0. The highest BCUT2D eigenvalue weighted by atomic mass is 16.2. The van der Waals surface area contributed by atoms with Gasteiger partial charge in [-0.15, -0.1) is 0 Å². The molecule has 2 amide bonds. The molecule has 36 heavy (non-hydrogen) atoms. The summed E-state index contributed by atoms with van der Waals surface area (Å²) in [5.41, 5.74) is 1.99. The molecule has 0 bridgehead atoms. The van der Waals surface area contributed by atoms with Crippen LogP contribution < -0.4 is 5.32 Å². The second-order valence-electron chi connectivity index (χ2n) is 10.8. The van der Waals surface area contributed by atoms with Gasteiger partial charge >= 0.3 is 0 Å². The number of likely N-dealkylation sites (tertiary alicyclic amines) is 1. The standard InChI is InChI=1S/C30H40N4O2/c35-28(32-18-5-11-23-9-2-1-3-10-23)16-4-15-27-26-14-8-20-33-19-7-13-25(29(26)33)22-34(27)30(36)24-12-6-17-31-21-24/h1-3,6,9-10,12,17,21,25-27,29H,4-5,7-8,11,13-16,18-20,22H2,(H,32,35)/t25-,26+,27+,29-/m0/s1. The van der Waals surface area contributed by atoms with Crippen LogP contribution in [0.3, 0.4) is 0 Å². The molecular weight excluding hydrogens is 448 g/mol. The second-order valence-corrected chi connectivity index (χ2v) is 10.8. The van der Waals surface area contributed by atoms with Crippen LogP contribution in [0, 0.1) is 11.8 Å². The van der Waals surface area contributed by atoms with Gasteiger partial charge in [0.05, 0.1) is 5.56 Å². The maximum Gasteiger partial charge on any atom is 0.255 e. The van der Waals surface area contributed by atoms with Crippen molar-refractivity contribution in [2.24, 2.45) is 11.8 Å².